The molecule has 0 unspecified atom stereocenters. The second kappa shape index (κ2) is 8.57. The molecule has 0 aliphatic heterocycles. The lowest BCUT2D eigenvalue weighted by Gasteiger charge is -2.11. The van der Waals surface area contributed by atoms with E-state index in [1.165, 1.54) is 12.1 Å². The average molecular weight is 478 g/mol. The molecule has 0 bridgehead atoms. The number of halogens is 1. The Hall–Kier alpha value is -4.59. The first kappa shape index (κ1) is 21.9. The predicted molar refractivity (Wildman–Crippen MR) is 141 cm³/mol. The molecule has 7 nitrogen and oxygen atoms in total. The molecule has 6 rings (SSSR count). The molecule has 0 aliphatic carbocycles. The highest BCUT2D eigenvalue weighted by molar-refractivity contribution is 5.98. The summed E-state index contributed by atoms with van der Waals surface area (Å²) in [4.78, 5) is 17.2. The van der Waals surface area contributed by atoms with Gasteiger partial charge in [-0.05, 0) is 68.3 Å². The number of aromatic nitrogens is 6. The van der Waals surface area contributed by atoms with Crippen LogP contribution >= 0.6 is 0 Å². The van der Waals surface area contributed by atoms with E-state index in [0.29, 0.717) is 28.6 Å². The summed E-state index contributed by atoms with van der Waals surface area (Å²) < 4.78 is 13.9. The van der Waals surface area contributed by atoms with Crippen LogP contribution in [0.2, 0.25) is 0 Å². The van der Waals surface area contributed by atoms with Gasteiger partial charge in [-0.2, -0.15) is 5.10 Å². The molecule has 0 spiro atoms. The van der Waals surface area contributed by atoms with Crippen molar-refractivity contribution in [2.75, 3.05) is 5.32 Å². The van der Waals surface area contributed by atoms with Gasteiger partial charge in [-0.15, -0.1) is 0 Å². The standard InChI is InChI=1S/C28H24FN7/c1-15(2)32-21-11-19(13-30-14-21)18-9-16(3)24-22(12-18)26(36-35-24)28-33-23-7-8-31-25(27(23)34-28)17-5-4-6-20(29)10-17/h4-15,32H,1-3H3,(H,33,34)(H,35,36). The van der Waals surface area contributed by atoms with Gasteiger partial charge in [-0.25, -0.2) is 9.37 Å². The van der Waals surface area contributed by atoms with Crippen molar-refractivity contribution in [3.05, 3.63) is 78.5 Å². The summed E-state index contributed by atoms with van der Waals surface area (Å²) in [5.41, 5.74) is 8.51. The Labute approximate surface area is 206 Å². The van der Waals surface area contributed by atoms with E-state index in [4.69, 9.17) is 4.98 Å². The van der Waals surface area contributed by atoms with E-state index < -0.39 is 0 Å². The monoisotopic (exact) mass is 477 g/mol. The highest BCUT2D eigenvalue weighted by Crippen LogP contribution is 2.34. The first-order valence-corrected chi connectivity index (χ1v) is 11.8. The number of H-pyrrole nitrogens is 2. The number of aryl methyl sites for hydroxylation is 1. The third kappa shape index (κ3) is 3.86. The SMILES string of the molecule is Cc1cc(-c2cncc(NC(C)C)c2)cc2c(-c3nc4c(-c5cccc(F)c5)nccc4[nH]3)[nH]nc12. The van der Waals surface area contributed by atoms with Crippen LogP contribution < -0.4 is 5.32 Å². The first-order chi connectivity index (χ1) is 17.5. The molecule has 0 saturated carbocycles. The number of fused-ring (bicyclic) bond motifs is 2. The summed E-state index contributed by atoms with van der Waals surface area (Å²) in [5.74, 6) is 0.329. The lowest BCUT2D eigenvalue weighted by Crippen LogP contribution is -2.09. The van der Waals surface area contributed by atoms with Crippen LogP contribution in [0, 0.1) is 12.7 Å². The van der Waals surface area contributed by atoms with Crippen molar-refractivity contribution in [2.45, 2.75) is 26.8 Å². The van der Waals surface area contributed by atoms with Crippen molar-refractivity contribution in [1.82, 2.24) is 30.1 Å². The van der Waals surface area contributed by atoms with Gasteiger partial charge in [0.1, 0.15) is 17.0 Å². The van der Waals surface area contributed by atoms with Crippen molar-refractivity contribution in [2.24, 2.45) is 0 Å². The van der Waals surface area contributed by atoms with Crippen LogP contribution in [-0.2, 0) is 0 Å². The Morgan fingerprint density at radius 2 is 1.83 bits per heavy atom. The number of imidazole rings is 1. The maximum absolute atomic E-state index is 13.9. The fraction of sp³-hybridized carbons (Fsp3) is 0.143. The van der Waals surface area contributed by atoms with Gasteiger partial charge in [0.25, 0.3) is 0 Å². The van der Waals surface area contributed by atoms with Gasteiger partial charge in [0.15, 0.2) is 5.82 Å². The van der Waals surface area contributed by atoms with Gasteiger partial charge >= 0.3 is 0 Å². The number of hydrogen-bond donors (Lipinski definition) is 3. The maximum atomic E-state index is 13.9. The molecule has 0 saturated heterocycles. The minimum Gasteiger partial charge on any atom is -0.382 e. The zero-order valence-electron chi connectivity index (χ0n) is 20.1. The summed E-state index contributed by atoms with van der Waals surface area (Å²) in [5, 5.41) is 12.1. The van der Waals surface area contributed by atoms with Gasteiger partial charge in [-0.3, -0.25) is 15.1 Å². The molecule has 4 aromatic heterocycles. The zero-order valence-corrected chi connectivity index (χ0v) is 20.1. The fourth-order valence-electron chi connectivity index (χ4n) is 4.55. The molecule has 3 N–H and O–H groups in total. The van der Waals surface area contributed by atoms with E-state index in [0.717, 1.165) is 44.5 Å². The van der Waals surface area contributed by atoms with E-state index in [1.807, 2.05) is 31.5 Å². The molecule has 6 aromatic rings. The van der Waals surface area contributed by atoms with E-state index >= 15 is 0 Å². The van der Waals surface area contributed by atoms with Gasteiger partial charge < -0.3 is 10.3 Å². The molecule has 36 heavy (non-hydrogen) atoms. The molecule has 0 fully saturated rings. The first-order valence-electron chi connectivity index (χ1n) is 11.8. The predicted octanol–water partition coefficient (Wildman–Crippen LogP) is 6.50. The number of nitrogens with one attached hydrogen (secondary N) is 3. The Bertz CT molecular complexity index is 1730. The van der Waals surface area contributed by atoms with Crippen LogP contribution in [0.3, 0.4) is 0 Å². The Morgan fingerprint density at radius 3 is 2.67 bits per heavy atom. The number of rotatable bonds is 5. The van der Waals surface area contributed by atoms with Crippen molar-refractivity contribution in [3.63, 3.8) is 0 Å². The minimum atomic E-state index is -0.313. The molecular weight excluding hydrogens is 453 g/mol. The van der Waals surface area contributed by atoms with E-state index in [9.17, 15) is 4.39 Å². The zero-order chi connectivity index (χ0) is 24.8. The average Bonchev–Trinajstić information content (AvgIpc) is 3.48. The normalized spacial score (nSPS) is 11.6. The minimum absolute atomic E-state index is 0.312. The molecule has 0 aliphatic rings. The number of pyridine rings is 2. The van der Waals surface area contributed by atoms with Crippen molar-refractivity contribution < 1.29 is 4.39 Å². The largest absolute Gasteiger partial charge is 0.382 e. The maximum Gasteiger partial charge on any atom is 0.157 e. The molecular formula is C28H24FN7. The molecule has 0 amide bonds. The highest BCUT2D eigenvalue weighted by Gasteiger charge is 2.17. The van der Waals surface area contributed by atoms with Crippen LogP contribution in [0.1, 0.15) is 19.4 Å². The van der Waals surface area contributed by atoms with Crippen molar-refractivity contribution in [1.29, 1.82) is 0 Å². The summed E-state index contributed by atoms with van der Waals surface area (Å²) in [7, 11) is 0. The third-order valence-electron chi connectivity index (χ3n) is 6.11. The van der Waals surface area contributed by atoms with Crippen LogP contribution in [-0.4, -0.2) is 36.2 Å². The number of hydrogen-bond acceptors (Lipinski definition) is 5. The van der Waals surface area contributed by atoms with E-state index in [1.54, 1.807) is 12.3 Å². The number of aromatic amines is 2. The van der Waals surface area contributed by atoms with E-state index in [-0.39, 0.29) is 5.82 Å². The van der Waals surface area contributed by atoms with E-state index in [2.05, 4.69) is 62.5 Å². The number of nitrogens with zero attached hydrogens (tertiary/aromatic N) is 4. The summed E-state index contributed by atoms with van der Waals surface area (Å²) in [6.07, 6.45) is 5.39. The molecule has 4 heterocycles. The molecule has 2 aromatic carbocycles. The topological polar surface area (TPSA) is 95.2 Å². The third-order valence-corrected chi connectivity index (χ3v) is 6.11. The van der Waals surface area contributed by atoms with Crippen LogP contribution in [0.25, 0.3) is 55.8 Å². The quantitative estimate of drug-likeness (QED) is 0.263. The Morgan fingerprint density at radius 1 is 0.944 bits per heavy atom. The van der Waals surface area contributed by atoms with Gasteiger partial charge in [0.2, 0.25) is 0 Å². The van der Waals surface area contributed by atoms with Crippen molar-refractivity contribution >= 4 is 27.6 Å². The number of anilines is 1. The molecule has 0 radical (unpaired) electrons. The fourth-order valence-corrected chi connectivity index (χ4v) is 4.55. The summed E-state index contributed by atoms with van der Waals surface area (Å²) >= 11 is 0. The van der Waals surface area contributed by atoms with Crippen LogP contribution in [0.4, 0.5) is 10.1 Å². The Kier molecular flexibility index (Phi) is 5.21. The second-order valence-electron chi connectivity index (χ2n) is 9.20. The highest BCUT2D eigenvalue weighted by atomic mass is 19.1. The van der Waals surface area contributed by atoms with Crippen LogP contribution in [0.5, 0.6) is 0 Å². The number of benzene rings is 2. The molecule has 8 heteroatoms. The smallest absolute Gasteiger partial charge is 0.157 e. The summed E-state index contributed by atoms with van der Waals surface area (Å²) in [6.45, 7) is 6.25. The van der Waals surface area contributed by atoms with Gasteiger partial charge in [0.05, 0.1) is 22.4 Å². The molecule has 0 atom stereocenters. The van der Waals surface area contributed by atoms with Gasteiger partial charge in [-0.1, -0.05) is 12.1 Å². The molecule has 178 valence electrons. The lowest BCUT2D eigenvalue weighted by atomic mass is 10.0. The second-order valence-corrected chi connectivity index (χ2v) is 9.20. The van der Waals surface area contributed by atoms with Crippen LogP contribution in [0.15, 0.2) is 67.1 Å². The summed E-state index contributed by atoms with van der Waals surface area (Å²) in [6, 6.07) is 14.9. The van der Waals surface area contributed by atoms with Crippen molar-refractivity contribution in [3.8, 4) is 33.9 Å². The Balaban J connectivity index is 1.48. The van der Waals surface area contributed by atoms with Gasteiger partial charge in [0, 0.05) is 41.1 Å². The lowest BCUT2D eigenvalue weighted by molar-refractivity contribution is 0.628.